The number of Topliss-reactive ketones (excluding diaryl/α,β-unsaturated/α-hetero) is 1. The van der Waals surface area contributed by atoms with Gasteiger partial charge in [-0.1, -0.05) is 26.8 Å². The second-order valence-electron chi connectivity index (χ2n) is 10.8. The number of ketones is 1. The molecule has 1 atom stereocenters. The van der Waals surface area contributed by atoms with E-state index in [1.54, 1.807) is 24.5 Å². The number of sulfone groups is 1. The minimum atomic E-state index is -4.02. The number of anilines is 2. The van der Waals surface area contributed by atoms with Crippen molar-refractivity contribution >= 4 is 27.3 Å². The zero-order chi connectivity index (χ0) is 27.7. The van der Waals surface area contributed by atoms with Crippen LogP contribution in [0.25, 0.3) is 11.4 Å². The molecule has 0 radical (unpaired) electrons. The number of ether oxygens (including phenoxy) is 1. The molecule has 1 aliphatic heterocycles. The Bertz CT molecular complexity index is 1440. The fourth-order valence-electron chi connectivity index (χ4n) is 4.70. The summed E-state index contributed by atoms with van der Waals surface area (Å²) in [4.78, 5) is 33.1. The van der Waals surface area contributed by atoms with E-state index in [-0.39, 0.29) is 21.9 Å². The third-order valence-electron chi connectivity index (χ3n) is 6.33. The molecule has 10 nitrogen and oxygen atoms in total. The van der Waals surface area contributed by atoms with Gasteiger partial charge in [-0.05, 0) is 56.4 Å². The van der Waals surface area contributed by atoms with Crippen LogP contribution in [0.5, 0.6) is 5.88 Å². The smallest absolute Gasteiger partial charge is 0.232 e. The second kappa shape index (κ2) is 10.6. The molecule has 1 aliphatic rings. The molecule has 3 aromatic heterocycles. The summed E-state index contributed by atoms with van der Waals surface area (Å²) in [5.41, 5.74) is 6.60. The van der Waals surface area contributed by atoms with Crippen LogP contribution in [-0.2, 0) is 9.84 Å². The third kappa shape index (κ3) is 6.09. The lowest BCUT2D eigenvalue weighted by Crippen LogP contribution is -2.40. The summed E-state index contributed by atoms with van der Waals surface area (Å²) >= 11 is 0. The summed E-state index contributed by atoms with van der Waals surface area (Å²) in [5, 5.41) is -0.236. The number of carbonyl (C=O) groups excluding carboxylic acids is 1. The average molecular weight is 539 g/mol. The highest BCUT2D eigenvalue weighted by Crippen LogP contribution is 2.38. The van der Waals surface area contributed by atoms with E-state index >= 15 is 0 Å². The van der Waals surface area contributed by atoms with E-state index in [1.807, 2.05) is 13.8 Å². The fraction of sp³-hybridized carbons (Fsp3) is 0.444. The van der Waals surface area contributed by atoms with Crippen LogP contribution in [0.15, 0.2) is 47.8 Å². The summed E-state index contributed by atoms with van der Waals surface area (Å²) in [5.74, 6) is 0.250. The highest BCUT2D eigenvalue weighted by atomic mass is 32.2. The van der Waals surface area contributed by atoms with Gasteiger partial charge in [0.1, 0.15) is 23.1 Å². The Morgan fingerprint density at radius 1 is 1.13 bits per heavy atom. The van der Waals surface area contributed by atoms with Crippen molar-refractivity contribution in [2.75, 3.05) is 29.5 Å². The van der Waals surface area contributed by atoms with Crippen molar-refractivity contribution in [3.8, 4) is 17.3 Å². The van der Waals surface area contributed by atoms with Gasteiger partial charge in [-0.15, -0.1) is 0 Å². The van der Waals surface area contributed by atoms with Crippen LogP contribution in [0.4, 0.5) is 11.6 Å². The Morgan fingerprint density at radius 3 is 2.55 bits per heavy atom. The normalized spacial score (nSPS) is 17.1. The lowest BCUT2D eigenvalue weighted by molar-refractivity contribution is 0.102. The predicted molar refractivity (Wildman–Crippen MR) is 146 cm³/mol. The maximum atomic E-state index is 13.5. The van der Waals surface area contributed by atoms with Crippen LogP contribution in [0.1, 0.15) is 51.4 Å². The molecule has 0 aromatic carbocycles. The number of hydrogen-bond donors (Lipinski definition) is 1. The Kier molecular flexibility index (Phi) is 7.68. The first-order valence-electron chi connectivity index (χ1n) is 12.6. The number of nitrogen functional groups attached to an aromatic ring is 1. The quantitative estimate of drug-likeness (QED) is 0.399. The number of nitrogens with zero attached hydrogens (tertiary/aromatic N) is 5. The van der Waals surface area contributed by atoms with Gasteiger partial charge >= 0.3 is 0 Å². The molecule has 0 aliphatic carbocycles. The molecule has 38 heavy (non-hydrogen) atoms. The van der Waals surface area contributed by atoms with Crippen LogP contribution >= 0.6 is 0 Å². The number of hydrogen-bond acceptors (Lipinski definition) is 10. The van der Waals surface area contributed by atoms with Gasteiger partial charge in [0, 0.05) is 12.1 Å². The minimum Gasteiger partial charge on any atom is -0.476 e. The van der Waals surface area contributed by atoms with Crippen molar-refractivity contribution < 1.29 is 17.9 Å². The second-order valence-corrected chi connectivity index (χ2v) is 12.8. The molecule has 0 amide bonds. The Labute approximate surface area is 223 Å². The van der Waals surface area contributed by atoms with Gasteiger partial charge in [0.2, 0.25) is 15.7 Å². The van der Waals surface area contributed by atoms with E-state index in [1.165, 1.54) is 18.2 Å². The summed E-state index contributed by atoms with van der Waals surface area (Å²) in [7, 11) is -4.02. The molecule has 0 bridgehead atoms. The van der Waals surface area contributed by atoms with E-state index in [0.29, 0.717) is 48.1 Å². The van der Waals surface area contributed by atoms with Crippen molar-refractivity contribution in [3.63, 3.8) is 0 Å². The molecule has 0 saturated carbocycles. The number of carbonyl (C=O) groups is 1. The summed E-state index contributed by atoms with van der Waals surface area (Å²) in [6.07, 6.45) is 4.03. The lowest BCUT2D eigenvalue weighted by Gasteiger charge is -2.34. The fourth-order valence-corrected chi connectivity index (χ4v) is 5.87. The van der Waals surface area contributed by atoms with Crippen LogP contribution in [-0.4, -0.2) is 58.6 Å². The molecule has 1 fully saturated rings. The zero-order valence-electron chi connectivity index (χ0n) is 22.4. The predicted octanol–water partition coefficient (Wildman–Crippen LogP) is 3.83. The first-order valence-corrected chi connectivity index (χ1v) is 14.2. The minimum absolute atomic E-state index is 0.0683. The average Bonchev–Trinajstić information content (AvgIpc) is 3.13. The topological polar surface area (TPSA) is 141 Å². The van der Waals surface area contributed by atoms with Gasteiger partial charge < -0.3 is 15.4 Å². The van der Waals surface area contributed by atoms with Crippen molar-refractivity contribution in [1.29, 1.82) is 0 Å². The largest absolute Gasteiger partial charge is 0.476 e. The van der Waals surface area contributed by atoms with Gasteiger partial charge in [0.15, 0.2) is 10.8 Å². The highest BCUT2D eigenvalue weighted by Gasteiger charge is 2.39. The van der Waals surface area contributed by atoms with Crippen LogP contribution in [0, 0.1) is 11.8 Å². The summed E-state index contributed by atoms with van der Waals surface area (Å²) in [6, 6.07) is 7.59. The molecule has 4 rings (SSSR count). The van der Waals surface area contributed by atoms with Crippen molar-refractivity contribution in [1.82, 2.24) is 19.9 Å². The van der Waals surface area contributed by atoms with E-state index in [0.717, 1.165) is 6.42 Å². The number of pyridine rings is 2. The zero-order valence-corrected chi connectivity index (χ0v) is 23.2. The first-order chi connectivity index (χ1) is 17.9. The Morgan fingerprint density at radius 2 is 1.89 bits per heavy atom. The van der Waals surface area contributed by atoms with Crippen LogP contribution in [0.2, 0.25) is 0 Å². The molecule has 2 N–H and O–H groups in total. The van der Waals surface area contributed by atoms with Gasteiger partial charge in [-0.25, -0.2) is 23.4 Å². The first kappa shape index (κ1) is 27.4. The number of rotatable bonds is 9. The van der Waals surface area contributed by atoms with Gasteiger partial charge in [0.05, 0.1) is 30.3 Å². The third-order valence-corrected chi connectivity index (χ3v) is 7.84. The highest BCUT2D eigenvalue weighted by molar-refractivity contribution is 7.92. The molecule has 1 saturated heterocycles. The lowest BCUT2D eigenvalue weighted by atomic mass is 9.97. The van der Waals surface area contributed by atoms with E-state index in [2.05, 4.69) is 40.6 Å². The standard InChI is InChI=1S/C27H34N6O4S/c1-17(2)15-37-24-13-29-12-21(30-24)20-10-9-19(26(31-20)33-14-18(3)11-27(33,4)5)22(34)16-38(35,36)25-8-6-7-23(28)32-25/h6-10,12-13,17-18H,11,14-16H2,1-5H3,(H2,28,32). The molecule has 1 unspecified atom stereocenters. The molecule has 11 heteroatoms. The monoisotopic (exact) mass is 538 g/mol. The molecule has 0 spiro atoms. The van der Waals surface area contributed by atoms with Gasteiger partial charge in [-0.3, -0.25) is 9.78 Å². The molecular formula is C27H34N6O4S. The van der Waals surface area contributed by atoms with Crippen LogP contribution in [0.3, 0.4) is 0 Å². The Balaban J connectivity index is 1.74. The van der Waals surface area contributed by atoms with Gasteiger partial charge in [0.25, 0.3) is 0 Å². The van der Waals surface area contributed by atoms with E-state index < -0.39 is 21.4 Å². The maximum Gasteiger partial charge on any atom is 0.232 e. The Hall–Kier alpha value is -3.60. The van der Waals surface area contributed by atoms with Crippen molar-refractivity contribution in [3.05, 3.63) is 48.3 Å². The summed E-state index contributed by atoms with van der Waals surface area (Å²) in [6.45, 7) is 11.6. The molecular weight excluding hydrogens is 504 g/mol. The SMILES string of the molecule is CC(C)COc1cncc(-c2ccc(C(=O)CS(=O)(=O)c3cccc(N)n3)c(N3CC(C)CC3(C)C)n2)n1. The molecule has 202 valence electrons. The van der Waals surface area contributed by atoms with E-state index in [4.69, 9.17) is 15.5 Å². The van der Waals surface area contributed by atoms with E-state index in [9.17, 15) is 13.2 Å². The van der Waals surface area contributed by atoms with Crippen LogP contribution < -0.4 is 15.4 Å². The number of aromatic nitrogens is 4. The summed E-state index contributed by atoms with van der Waals surface area (Å²) < 4.78 is 31.7. The number of nitrogens with two attached hydrogens (primary N) is 1. The van der Waals surface area contributed by atoms with Crippen molar-refractivity contribution in [2.45, 2.75) is 51.6 Å². The van der Waals surface area contributed by atoms with Crippen molar-refractivity contribution in [2.24, 2.45) is 11.8 Å². The molecule has 3 aromatic rings. The van der Waals surface area contributed by atoms with Gasteiger partial charge in [-0.2, -0.15) is 0 Å². The molecule has 4 heterocycles. The maximum absolute atomic E-state index is 13.5.